The monoisotopic (exact) mass is 318 g/mol. The second-order valence-electron chi connectivity index (χ2n) is 6.25. The van der Waals surface area contributed by atoms with Gasteiger partial charge in [-0.3, -0.25) is 4.79 Å². The number of methoxy groups -OCH3 is 1. The summed E-state index contributed by atoms with van der Waals surface area (Å²) in [5.74, 6) is 1.88. The van der Waals surface area contributed by atoms with Crippen LogP contribution in [0.4, 0.5) is 0 Å². The highest BCUT2D eigenvalue weighted by molar-refractivity contribution is 5.89. The van der Waals surface area contributed by atoms with E-state index in [0.717, 1.165) is 24.2 Å². The Morgan fingerprint density at radius 3 is 2.65 bits per heavy atom. The van der Waals surface area contributed by atoms with E-state index in [4.69, 9.17) is 9.47 Å². The SMILES string of the molecule is CCC(CC)COc1cc(C2(C)C=NNC(=O)C2)ccc1OC. The Morgan fingerprint density at radius 1 is 1.30 bits per heavy atom. The highest BCUT2D eigenvalue weighted by Crippen LogP contribution is 2.35. The molecule has 5 heteroatoms. The third-order valence-corrected chi connectivity index (χ3v) is 4.52. The van der Waals surface area contributed by atoms with Crippen LogP contribution in [0.3, 0.4) is 0 Å². The Balaban J connectivity index is 2.26. The summed E-state index contributed by atoms with van der Waals surface area (Å²) >= 11 is 0. The van der Waals surface area contributed by atoms with E-state index in [1.807, 2.05) is 25.1 Å². The Morgan fingerprint density at radius 2 is 2.04 bits per heavy atom. The first-order valence-electron chi connectivity index (χ1n) is 8.16. The number of nitrogens with one attached hydrogen (secondary N) is 1. The normalized spacial score (nSPS) is 20.5. The molecule has 2 rings (SSSR count). The molecule has 1 unspecified atom stereocenters. The predicted molar refractivity (Wildman–Crippen MR) is 91.2 cm³/mol. The first-order chi connectivity index (χ1) is 11.0. The van der Waals surface area contributed by atoms with Gasteiger partial charge >= 0.3 is 0 Å². The average molecular weight is 318 g/mol. The van der Waals surface area contributed by atoms with Gasteiger partial charge in [0.25, 0.3) is 0 Å². The van der Waals surface area contributed by atoms with Gasteiger partial charge in [-0.25, -0.2) is 5.43 Å². The van der Waals surface area contributed by atoms with Crippen molar-refractivity contribution < 1.29 is 14.3 Å². The number of rotatable bonds is 7. The minimum absolute atomic E-state index is 0.0784. The van der Waals surface area contributed by atoms with Crippen LogP contribution in [0.2, 0.25) is 0 Å². The molecule has 0 saturated heterocycles. The molecule has 1 heterocycles. The lowest BCUT2D eigenvalue weighted by molar-refractivity contribution is -0.122. The molecule has 0 saturated carbocycles. The molecule has 1 aliphatic rings. The Labute approximate surface area is 138 Å². The van der Waals surface area contributed by atoms with Crippen LogP contribution in [0.1, 0.15) is 45.6 Å². The van der Waals surface area contributed by atoms with Gasteiger partial charge in [-0.1, -0.05) is 32.8 Å². The number of hydrogen-bond acceptors (Lipinski definition) is 4. The molecule has 1 amide bonds. The number of hydrogen-bond donors (Lipinski definition) is 1. The highest BCUT2D eigenvalue weighted by Gasteiger charge is 2.31. The summed E-state index contributed by atoms with van der Waals surface area (Å²) in [5, 5.41) is 3.96. The van der Waals surface area contributed by atoms with E-state index in [1.54, 1.807) is 13.3 Å². The van der Waals surface area contributed by atoms with Crippen molar-refractivity contribution in [3.8, 4) is 11.5 Å². The molecule has 0 bridgehead atoms. The smallest absolute Gasteiger partial charge is 0.241 e. The topological polar surface area (TPSA) is 59.9 Å². The molecular formula is C18H26N2O3. The maximum atomic E-state index is 11.7. The quantitative estimate of drug-likeness (QED) is 0.839. The second-order valence-corrected chi connectivity index (χ2v) is 6.25. The number of carbonyl (C=O) groups excluding carboxylic acids is 1. The Kier molecular flexibility index (Phi) is 5.64. The van der Waals surface area contributed by atoms with E-state index < -0.39 is 5.41 Å². The summed E-state index contributed by atoms with van der Waals surface area (Å²) in [6, 6.07) is 5.82. The number of carbonyl (C=O) groups is 1. The van der Waals surface area contributed by atoms with Crippen molar-refractivity contribution in [2.24, 2.45) is 11.0 Å². The van der Waals surface area contributed by atoms with Crippen LogP contribution < -0.4 is 14.9 Å². The van der Waals surface area contributed by atoms with Crippen molar-refractivity contribution in [2.45, 2.75) is 45.4 Å². The van der Waals surface area contributed by atoms with Crippen molar-refractivity contribution in [2.75, 3.05) is 13.7 Å². The average Bonchev–Trinajstić information content (AvgIpc) is 2.55. The predicted octanol–water partition coefficient (Wildman–Crippen LogP) is 3.27. The van der Waals surface area contributed by atoms with E-state index in [-0.39, 0.29) is 5.91 Å². The lowest BCUT2D eigenvalue weighted by Gasteiger charge is -2.28. The van der Waals surface area contributed by atoms with Crippen LogP contribution in [0.5, 0.6) is 11.5 Å². The largest absolute Gasteiger partial charge is 0.493 e. The Hall–Kier alpha value is -2.04. The number of hydrazone groups is 1. The molecule has 1 aliphatic heterocycles. The van der Waals surface area contributed by atoms with E-state index in [9.17, 15) is 4.79 Å². The van der Waals surface area contributed by atoms with E-state index >= 15 is 0 Å². The molecule has 0 spiro atoms. The number of benzene rings is 1. The van der Waals surface area contributed by atoms with Crippen molar-refractivity contribution in [3.05, 3.63) is 23.8 Å². The fourth-order valence-electron chi connectivity index (χ4n) is 2.72. The van der Waals surface area contributed by atoms with Gasteiger partial charge in [0.2, 0.25) is 5.91 Å². The number of amides is 1. The van der Waals surface area contributed by atoms with Gasteiger partial charge < -0.3 is 9.47 Å². The van der Waals surface area contributed by atoms with Gasteiger partial charge in [0.15, 0.2) is 11.5 Å². The Bertz CT molecular complexity index is 582. The van der Waals surface area contributed by atoms with Crippen LogP contribution in [-0.2, 0) is 10.2 Å². The maximum Gasteiger partial charge on any atom is 0.241 e. The number of nitrogens with zero attached hydrogens (tertiary/aromatic N) is 1. The summed E-state index contributed by atoms with van der Waals surface area (Å²) in [5.41, 5.74) is 3.04. The van der Waals surface area contributed by atoms with Gasteiger partial charge in [0.1, 0.15) is 0 Å². The zero-order chi connectivity index (χ0) is 16.9. The molecule has 126 valence electrons. The maximum absolute atomic E-state index is 11.7. The summed E-state index contributed by atoms with van der Waals surface area (Å²) < 4.78 is 11.4. The highest BCUT2D eigenvalue weighted by atomic mass is 16.5. The molecule has 5 nitrogen and oxygen atoms in total. The van der Waals surface area contributed by atoms with Crippen LogP contribution in [0.25, 0.3) is 0 Å². The lowest BCUT2D eigenvalue weighted by atomic mass is 9.79. The minimum atomic E-state index is -0.429. The van der Waals surface area contributed by atoms with Gasteiger partial charge in [0, 0.05) is 18.1 Å². The van der Waals surface area contributed by atoms with Crippen LogP contribution in [0, 0.1) is 5.92 Å². The lowest BCUT2D eigenvalue weighted by Crippen LogP contribution is -2.37. The third-order valence-electron chi connectivity index (χ3n) is 4.52. The summed E-state index contributed by atoms with van der Waals surface area (Å²) in [7, 11) is 1.64. The van der Waals surface area contributed by atoms with Gasteiger partial charge in [-0.05, 0) is 30.5 Å². The number of ether oxygens (including phenoxy) is 2. The fourth-order valence-corrected chi connectivity index (χ4v) is 2.72. The van der Waals surface area contributed by atoms with Crippen molar-refractivity contribution in [3.63, 3.8) is 0 Å². The first-order valence-corrected chi connectivity index (χ1v) is 8.16. The molecule has 0 aliphatic carbocycles. The van der Waals surface area contributed by atoms with Gasteiger partial charge in [-0.2, -0.15) is 5.10 Å². The molecule has 1 N–H and O–H groups in total. The van der Waals surface area contributed by atoms with E-state index in [0.29, 0.717) is 24.7 Å². The van der Waals surface area contributed by atoms with Crippen molar-refractivity contribution >= 4 is 12.1 Å². The summed E-state index contributed by atoms with van der Waals surface area (Å²) in [4.78, 5) is 11.7. The minimum Gasteiger partial charge on any atom is -0.493 e. The molecule has 1 atom stereocenters. The summed E-state index contributed by atoms with van der Waals surface area (Å²) in [6.45, 7) is 7.01. The zero-order valence-corrected chi connectivity index (χ0v) is 14.4. The van der Waals surface area contributed by atoms with Crippen LogP contribution in [0.15, 0.2) is 23.3 Å². The molecule has 0 radical (unpaired) electrons. The fraction of sp³-hybridized carbons (Fsp3) is 0.556. The molecule has 1 aromatic rings. The molecule has 0 fully saturated rings. The van der Waals surface area contributed by atoms with Gasteiger partial charge in [-0.15, -0.1) is 0 Å². The summed E-state index contributed by atoms with van der Waals surface area (Å²) in [6.07, 6.45) is 4.32. The van der Waals surface area contributed by atoms with Crippen molar-refractivity contribution in [1.29, 1.82) is 0 Å². The van der Waals surface area contributed by atoms with Crippen LogP contribution >= 0.6 is 0 Å². The van der Waals surface area contributed by atoms with Crippen LogP contribution in [-0.4, -0.2) is 25.8 Å². The third kappa shape index (κ3) is 4.03. The van der Waals surface area contributed by atoms with E-state index in [1.165, 1.54) is 0 Å². The van der Waals surface area contributed by atoms with Crippen molar-refractivity contribution in [1.82, 2.24) is 5.43 Å². The molecule has 1 aromatic carbocycles. The molecule has 23 heavy (non-hydrogen) atoms. The first kappa shape index (κ1) is 17.3. The zero-order valence-electron chi connectivity index (χ0n) is 14.4. The second kappa shape index (κ2) is 7.49. The molecule has 0 aromatic heterocycles. The van der Waals surface area contributed by atoms with Gasteiger partial charge in [0.05, 0.1) is 13.7 Å². The molecular weight excluding hydrogens is 292 g/mol. The van der Waals surface area contributed by atoms with E-state index in [2.05, 4.69) is 24.4 Å². The standard InChI is InChI=1S/C18H26N2O3/c1-5-13(6-2)11-23-16-9-14(7-8-15(16)22-4)18(3)10-17(21)20-19-12-18/h7-9,12-13H,5-6,10-11H2,1-4H3,(H,20,21).